The van der Waals surface area contributed by atoms with E-state index in [4.69, 9.17) is 1.37 Å². The molecule has 0 radical (unpaired) electrons. The van der Waals surface area contributed by atoms with E-state index in [2.05, 4.69) is 62.9 Å². The van der Waals surface area contributed by atoms with Crippen molar-refractivity contribution < 1.29 is 1.37 Å². The number of anilines is 2. The molecule has 1 aliphatic heterocycles. The Kier molecular flexibility index (Phi) is 3.42. The van der Waals surface area contributed by atoms with Crippen LogP contribution in [0.3, 0.4) is 0 Å². The van der Waals surface area contributed by atoms with Crippen LogP contribution in [-0.2, 0) is 0 Å². The average molecular weight is 281 g/mol. The van der Waals surface area contributed by atoms with Crippen molar-refractivity contribution in [1.29, 1.82) is 0 Å². The largest absolute Gasteiger partial charge is 0.338 e. The van der Waals surface area contributed by atoms with Crippen LogP contribution in [-0.4, -0.2) is 6.04 Å². The molecule has 0 fully saturated rings. The van der Waals surface area contributed by atoms with Gasteiger partial charge in [0.05, 0.1) is 1.37 Å². The molecule has 3 rings (SSSR count). The van der Waals surface area contributed by atoms with Gasteiger partial charge in [0.2, 0.25) is 0 Å². The lowest BCUT2D eigenvalue weighted by Gasteiger charge is -2.27. The van der Waals surface area contributed by atoms with E-state index in [-0.39, 0.29) is 0 Å². The maximum Gasteiger partial charge on any atom is 0.0645 e. The van der Waals surface area contributed by atoms with Crippen LogP contribution in [0.5, 0.6) is 0 Å². The molecular formula is C20H25N. The van der Waals surface area contributed by atoms with Gasteiger partial charge in [-0.05, 0) is 48.6 Å². The van der Waals surface area contributed by atoms with Gasteiger partial charge in [-0.15, -0.1) is 0 Å². The van der Waals surface area contributed by atoms with E-state index in [9.17, 15) is 0 Å². The van der Waals surface area contributed by atoms with E-state index in [0.29, 0.717) is 23.9 Å². The number of hydrogen-bond acceptors (Lipinski definition) is 1. The third kappa shape index (κ3) is 2.35. The second-order valence-corrected chi connectivity index (χ2v) is 6.28. The van der Waals surface area contributed by atoms with Crippen LogP contribution in [0.1, 0.15) is 58.4 Å². The lowest BCUT2D eigenvalue weighted by Crippen LogP contribution is -2.25. The molecule has 0 aromatic heterocycles. The molecule has 0 bridgehead atoms. The topological polar surface area (TPSA) is 3.24 Å². The monoisotopic (exact) mass is 281 g/mol. The highest BCUT2D eigenvalue weighted by atomic mass is 15.2. The quantitative estimate of drug-likeness (QED) is 0.682. The first-order chi connectivity index (χ1) is 10.5. The molecule has 0 unspecified atom stereocenters. The molecule has 2 aromatic carbocycles. The van der Waals surface area contributed by atoms with Gasteiger partial charge in [-0.3, -0.25) is 0 Å². The molecule has 0 amide bonds. The third-order valence-corrected chi connectivity index (χ3v) is 5.06. The van der Waals surface area contributed by atoms with Crippen LogP contribution in [0.4, 0.5) is 11.4 Å². The second kappa shape index (κ2) is 5.55. The Balaban J connectivity index is 2.10. The molecule has 1 heteroatoms. The molecule has 1 aliphatic rings. The smallest absolute Gasteiger partial charge is 0.0645 e. The van der Waals surface area contributed by atoms with E-state index in [1.165, 1.54) is 16.8 Å². The van der Waals surface area contributed by atoms with Crippen molar-refractivity contribution in [3.63, 3.8) is 0 Å². The normalized spacial score (nSPS) is 22.9. The average Bonchev–Trinajstić information content (AvgIpc) is 2.80. The van der Waals surface area contributed by atoms with Crippen LogP contribution in [0.2, 0.25) is 0 Å². The van der Waals surface area contributed by atoms with Gasteiger partial charge in [-0.1, -0.05) is 51.1 Å². The Hall–Kier alpha value is -1.76. The Bertz CT molecular complexity index is 679. The summed E-state index contributed by atoms with van der Waals surface area (Å²) in [5, 5.41) is 0. The molecule has 1 heterocycles. The molecule has 0 spiro atoms. The van der Waals surface area contributed by atoms with Gasteiger partial charge in [-0.25, -0.2) is 0 Å². The zero-order valence-corrected chi connectivity index (χ0v) is 13.4. The number of para-hydroxylation sites is 1. The summed E-state index contributed by atoms with van der Waals surface area (Å²) in [6.45, 7) is 9.04. The number of nitrogens with zero attached hydrogens (tertiary/aromatic N) is 1. The number of hydrogen-bond donors (Lipinski definition) is 0. The standard InChI is InChI=1S/C20H25N/c1-5-14(2)17-9-8-10-18(13-17)21-16(4)15(3)19-11-6-7-12-20(19)21/h6-16H,5H2,1-4H3/t14-,15-,16+/m1/s1/i12T. The van der Waals surface area contributed by atoms with Gasteiger partial charge in [0.25, 0.3) is 0 Å². The third-order valence-electron chi connectivity index (χ3n) is 5.06. The van der Waals surface area contributed by atoms with Gasteiger partial charge < -0.3 is 4.90 Å². The SMILES string of the molecule is [3H]c1cccc2c1N(c1cccc([C@H](C)CC)c1)[C@@H](C)[C@H]2C. The van der Waals surface area contributed by atoms with Crippen molar-refractivity contribution in [2.75, 3.05) is 4.90 Å². The molecule has 110 valence electrons. The molecule has 3 atom stereocenters. The summed E-state index contributed by atoms with van der Waals surface area (Å²) in [5.41, 5.74) is 4.99. The Labute approximate surface area is 130 Å². The van der Waals surface area contributed by atoms with Crippen molar-refractivity contribution in [3.8, 4) is 0 Å². The molecule has 1 nitrogen and oxygen atoms in total. The van der Waals surface area contributed by atoms with Crippen LogP contribution in [0.25, 0.3) is 0 Å². The lowest BCUT2D eigenvalue weighted by atomic mass is 9.97. The fraction of sp³-hybridized carbons (Fsp3) is 0.400. The zero-order chi connectivity index (χ0) is 15.9. The first kappa shape index (κ1) is 12.9. The highest BCUT2D eigenvalue weighted by molar-refractivity contribution is 5.72. The Morgan fingerprint density at radius 2 is 2.00 bits per heavy atom. The minimum atomic E-state index is 0.383. The predicted octanol–water partition coefficient (Wildman–Crippen LogP) is 5.84. The van der Waals surface area contributed by atoms with Crippen LogP contribution in [0.15, 0.2) is 48.5 Å². The maximum atomic E-state index is 8.34. The summed E-state index contributed by atoms with van der Waals surface area (Å²) in [5.74, 6) is 1.02. The first-order valence-electron chi connectivity index (χ1n) is 8.53. The summed E-state index contributed by atoms with van der Waals surface area (Å²) < 4.78 is 8.34. The number of benzene rings is 2. The maximum absolute atomic E-state index is 8.34. The van der Waals surface area contributed by atoms with Crippen LogP contribution >= 0.6 is 0 Å². The van der Waals surface area contributed by atoms with Crippen LogP contribution < -0.4 is 4.90 Å². The fourth-order valence-corrected chi connectivity index (χ4v) is 3.29. The fourth-order valence-electron chi connectivity index (χ4n) is 3.29. The number of rotatable bonds is 3. The van der Waals surface area contributed by atoms with Gasteiger partial charge in [0.1, 0.15) is 0 Å². The molecule has 0 aliphatic carbocycles. The second-order valence-electron chi connectivity index (χ2n) is 6.28. The molecule has 21 heavy (non-hydrogen) atoms. The molecule has 0 saturated heterocycles. The lowest BCUT2D eigenvalue weighted by molar-refractivity contribution is 0.641. The minimum absolute atomic E-state index is 0.383. The summed E-state index contributed by atoms with van der Waals surface area (Å²) in [7, 11) is 0. The van der Waals surface area contributed by atoms with E-state index < -0.39 is 0 Å². The van der Waals surface area contributed by atoms with Gasteiger partial charge >= 0.3 is 0 Å². The van der Waals surface area contributed by atoms with Crippen molar-refractivity contribution >= 4 is 11.4 Å². The van der Waals surface area contributed by atoms with Gasteiger partial charge in [0, 0.05) is 23.3 Å². The van der Waals surface area contributed by atoms with Crippen LogP contribution in [0, 0.1) is 0 Å². The minimum Gasteiger partial charge on any atom is -0.338 e. The molecule has 0 N–H and O–H groups in total. The number of fused-ring (bicyclic) bond motifs is 1. The summed E-state index contributed by atoms with van der Waals surface area (Å²) >= 11 is 0. The van der Waals surface area contributed by atoms with Gasteiger partial charge in [0.15, 0.2) is 0 Å². The Morgan fingerprint density at radius 3 is 2.76 bits per heavy atom. The zero-order valence-electron chi connectivity index (χ0n) is 14.4. The predicted molar refractivity (Wildman–Crippen MR) is 91.6 cm³/mol. The highest BCUT2D eigenvalue weighted by Crippen LogP contribution is 2.45. The Morgan fingerprint density at radius 1 is 1.19 bits per heavy atom. The van der Waals surface area contributed by atoms with Crippen molar-refractivity contribution in [1.82, 2.24) is 0 Å². The van der Waals surface area contributed by atoms with E-state index >= 15 is 0 Å². The van der Waals surface area contributed by atoms with Crippen molar-refractivity contribution in [2.45, 2.75) is 52.0 Å². The van der Waals surface area contributed by atoms with Crippen molar-refractivity contribution in [3.05, 3.63) is 59.6 Å². The highest BCUT2D eigenvalue weighted by Gasteiger charge is 2.33. The van der Waals surface area contributed by atoms with E-state index in [1.807, 2.05) is 12.1 Å². The summed E-state index contributed by atoms with van der Waals surface area (Å²) in [4.78, 5) is 2.36. The molecular weight excluding hydrogens is 254 g/mol. The van der Waals surface area contributed by atoms with Gasteiger partial charge in [-0.2, -0.15) is 0 Å². The first-order valence-corrected chi connectivity index (χ1v) is 8.03. The van der Waals surface area contributed by atoms with Crippen molar-refractivity contribution in [2.24, 2.45) is 0 Å². The molecule has 0 saturated carbocycles. The van der Waals surface area contributed by atoms with E-state index in [0.717, 1.165) is 12.1 Å². The molecule has 2 aromatic rings. The summed E-state index contributed by atoms with van der Waals surface area (Å²) in [6, 6.07) is 15.9. The summed E-state index contributed by atoms with van der Waals surface area (Å²) in [6.07, 6.45) is 1.15. The van der Waals surface area contributed by atoms with E-state index in [1.54, 1.807) is 0 Å².